The van der Waals surface area contributed by atoms with Crippen molar-refractivity contribution in [2.75, 3.05) is 46.4 Å². The molecule has 3 rings (SSSR count). The van der Waals surface area contributed by atoms with E-state index in [1.54, 1.807) is 0 Å². The van der Waals surface area contributed by atoms with E-state index in [1.807, 2.05) is 42.5 Å². The molecular weight excluding hydrogens is 300 g/mol. The van der Waals surface area contributed by atoms with E-state index in [0.717, 1.165) is 49.8 Å². The summed E-state index contributed by atoms with van der Waals surface area (Å²) < 4.78 is 11.9. The predicted molar refractivity (Wildman–Crippen MR) is 96.6 cm³/mol. The average Bonchev–Trinajstić information content (AvgIpc) is 2.63. The summed E-state index contributed by atoms with van der Waals surface area (Å²) in [6.07, 6.45) is 0. The van der Waals surface area contributed by atoms with Crippen LogP contribution in [0, 0.1) is 0 Å². The maximum Gasteiger partial charge on any atom is 0.161 e. The third-order valence-corrected chi connectivity index (χ3v) is 4.35. The molecule has 2 aromatic rings. The molecule has 4 heteroatoms. The first-order valence-corrected chi connectivity index (χ1v) is 8.61. The number of nitrogens with zero attached hydrogens (tertiary/aromatic N) is 2. The van der Waals surface area contributed by atoms with Crippen LogP contribution in [0.2, 0.25) is 0 Å². The third kappa shape index (κ3) is 4.98. The van der Waals surface area contributed by atoms with Crippen LogP contribution in [-0.2, 0) is 6.61 Å². The summed E-state index contributed by atoms with van der Waals surface area (Å²) in [5, 5.41) is 0. The van der Waals surface area contributed by atoms with E-state index < -0.39 is 0 Å². The molecule has 0 amide bonds. The van der Waals surface area contributed by atoms with Gasteiger partial charge in [0.2, 0.25) is 0 Å². The van der Waals surface area contributed by atoms with Crippen LogP contribution < -0.4 is 9.47 Å². The van der Waals surface area contributed by atoms with Crippen molar-refractivity contribution in [1.82, 2.24) is 9.80 Å². The SMILES string of the molecule is CN1CCN(CCOc2ccccc2OCc2ccccc2)CC1. The van der Waals surface area contributed by atoms with E-state index in [1.165, 1.54) is 0 Å². The van der Waals surface area contributed by atoms with Gasteiger partial charge in [-0.2, -0.15) is 0 Å². The highest BCUT2D eigenvalue weighted by atomic mass is 16.5. The van der Waals surface area contributed by atoms with Crippen molar-refractivity contribution < 1.29 is 9.47 Å². The number of likely N-dealkylation sites (N-methyl/N-ethyl adjacent to an activating group) is 1. The molecule has 4 nitrogen and oxygen atoms in total. The van der Waals surface area contributed by atoms with Crippen LogP contribution in [0.15, 0.2) is 54.6 Å². The van der Waals surface area contributed by atoms with Crippen molar-refractivity contribution in [2.24, 2.45) is 0 Å². The molecule has 0 unspecified atom stereocenters. The Kier molecular flexibility index (Phi) is 6.10. The zero-order chi connectivity index (χ0) is 16.6. The molecule has 1 heterocycles. The number of hydrogen-bond donors (Lipinski definition) is 0. The van der Waals surface area contributed by atoms with Gasteiger partial charge in [0.15, 0.2) is 11.5 Å². The molecule has 1 fully saturated rings. The molecule has 0 atom stereocenters. The van der Waals surface area contributed by atoms with Gasteiger partial charge in [-0.1, -0.05) is 42.5 Å². The number of benzene rings is 2. The minimum absolute atomic E-state index is 0.555. The van der Waals surface area contributed by atoms with Crippen molar-refractivity contribution in [2.45, 2.75) is 6.61 Å². The Balaban J connectivity index is 1.48. The predicted octanol–water partition coefficient (Wildman–Crippen LogP) is 2.89. The lowest BCUT2D eigenvalue weighted by molar-refractivity contribution is 0.132. The van der Waals surface area contributed by atoms with E-state index in [2.05, 4.69) is 29.0 Å². The Labute approximate surface area is 144 Å². The summed E-state index contributed by atoms with van der Waals surface area (Å²) >= 11 is 0. The van der Waals surface area contributed by atoms with Gasteiger partial charge in [-0.05, 0) is 24.7 Å². The first-order valence-electron chi connectivity index (χ1n) is 8.61. The summed E-state index contributed by atoms with van der Waals surface area (Å²) in [4.78, 5) is 4.82. The largest absolute Gasteiger partial charge is 0.488 e. The Bertz CT molecular complexity index is 610. The number of rotatable bonds is 7. The highest BCUT2D eigenvalue weighted by Crippen LogP contribution is 2.27. The van der Waals surface area contributed by atoms with Gasteiger partial charge >= 0.3 is 0 Å². The minimum atomic E-state index is 0.555. The van der Waals surface area contributed by atoms with Crippen LogP contribution in [0.3, 0.4) is 0 Å². The fraction of sp³-hybridized carbons (Fsp3) is 0.400. The summed E-state index contributed by atoms with van der Waals surface area (Å²) in [7, 11) is 2.17. The van der Waals surface area contributed by atoms with Gasteiger partial charge in [0.05, 0.1) is 0 Å². The van der Waals surface area contributed by atoms with E-state index in [9.17, 15) is 0 Å². The van der Waals surface area contributed by atoms with Crippen LogP contribution in [0.1, 0.15) is 5.56 Å². The molecule has 0 spiro atoms. The molecule has 0 N–H and O–H groups in total. The summed E-state index contributed by atoms with van der Waals surface area (Å²) in [5.74, 6) is 1.63. The van der Waals surface area contributed by atoms with E-state index in [0.29, 0.717) is 13.2 Å². The van der Waals surface area contributed by atoms with Crippen molar-refractivity contribution in [3.63, 3.8) is 0 Å². The quantitative estimate of drug-likeness (QED) is 0.781. The smallest absolute Gasteiger partial charge is 0.161 e. The molecule has 1 aliphatic rings. The van der Waals surface area contributed by atoms with Crippen LogP contribution in [0.4, 0.5) is 0 Å². The second-order valence-electron chi connectivity index (χ2n) is 6.21. The van der Waals surface area contributed by atoms with Gasteiger partial charge in [-0.3, -0.25) is 4.90 Å². The molecule has 1 aliphatic heterocycles. The van der Waals surface area contributed by atoms with Gasteiger partial charge in [0.25, 0.3) is 0 Å². The van der Waals surface area contributed by atoms with E-state index >= 15 is 0 Å². The number of piperazine rings is 1. The third-order valence-electron chi connectivity index (χ3n) is 4.35. The maximum atomic E-state index is 5.97. The lowest BCUT2D eigenvalue weighted by Crippen LogP contribution is -2.45. The van der Waals surface area contributed by atoms with Crippen molar-refractivity contribution in [1.29, 1.82) is 0 Å². The molecule has 0 aromatic heterocycles. The molecule has 0 aliphatic carbocycles. The fourth-order valence-electron chi connectivity index (χ4n) is 2.78. The van der Waals surface area contributed by atoms with Gasteiger partial charge in [-0.15, -0.1) is 0 Å². The Morgan fingerprint density at radius 3 is 2.12 bits per heavy atom. The summed E-state index contributed by atoms with van der Waals surface area (Å²) in [6, 6.07) is 18.1. The van der Waals surface area contributed by atoms with Crippen LogP contribution in [0.5, 0.6) is 11.5 Å². The molecule has 128 valence electrons. The first-order chi connectivity index (χ1) is 11.8. The summed E-state index contributed by atoms with van der Waals surface area (Å²) in [5.41, 5.74) is 1.16. The number of para-hydroxylation sites is 2. The zero-order valence-corrected chi connectivity index (χ0v) is 14.4. The topological polar surface area (TPSA) is 24.9 Å². The van der Waals surface area contributed by atoms with Gasteiger partial charge in [0.1, 0.15) is 13.2 Å². The lowest BCUT2D eigenvalue weighted by Gasteiger charge is -2.32. The maximum absolute atomic E-state index is 5.97. The molecule has 1 saturated heterocycles. The second-order valence-corrected chi connectivity index (χ2v) is 6.21. The minimum Gasteiger partial charge on any atom is -0.488 e. The van der Waals surface area contributed by atoms with Gasteiger partial charge < -0.3 is 14.4 Å². The van der Waals surface area contributed by atoms with Crippen LogP contribution >= 0.6 is 0 Å². The Morgan fingerprint density at radius 1 is 0.792 bits per heavy atom. The van der Waals surface area contributed by atoms with Gasteiger partial charge in [0, 0.05) is 32.7 Å². The van der Waals surface area contributed by atoms with Crippen molar-refractivity contribution in [3.8, 4) is 11.5 Å². The molecule has 2 aromatic carbocycles. The molecule has 24 heavy (non-hydrogen) atoms. The molecule has 0 bridgehead atoms. The standard InChI is InChI=1S/C20H26N2O2/c1-21-11-13-22(14-12-21)15-16-23-19-9-5-6-10-20(19)24-17-18-7-3-2-4-8-18/h2-10H,11-17H2,1H3. The van der Waals surface area contributed by atoms with Crippen LogP contribution in [-0.4, -0.2) is 56.2 Å². The van der Waals surface area contributed by atoms with Crippen molar-refractivity contribution >= 4 is 0 Å². The molecule has 0 radical (unpaired) electrons. The second kappa shape index (κ2) is 8.71. The highest BCUT2D eigenvalue weighted by molar-refractivity contribution is 5.39. The zero-order valence-electron chi connectivity index (χ0n) is 14.4. The number of hydrogen-bond acceptors (Lipinski definition) is 4. The molecule has 0 saturated carbocycles. The average molecular weight is 326 g/mol. The van der Waals surface area contributed by atoms with E-state index in [-0.39, 0.29) is 0 Å². The Hall–Kier alpha value is -2.04. The fourth-order valence-corrected chi connectivity index (χ4v) is 2.78. The Morgan fingerprint density at radius 2 is 1.42 bits per heavy atom. The highest BCUT2D eigenvalue weighted by Gasteiger charge is 2.13. The number of ether oxygens (including phenoxy) is 2. The first kappa shape index (κ1) is 16.8. The van der Waals surface area contributed by atoms with Crippen molar-refractivity contribution in [3.05, 3.63) is 60.2 Å². The van der Waals surface area contributed by atoms with Gasteiger partial charge in [-0.25, -0.2) is 0 Å². The monoisotopic (exact) mass is 326 g/mol. The van der Waals surface area contributed by atoms with E-state index in [4.69, 9.17) is 9.47 Å². The normalized spacial score (nSPS) is 16.0. The lowest BCUT2D eigenvalue weighted by atomic mass is 10.2. The van der Waals surface area contributed by atoms with Crippen LogP contribution in [0.25, 0.3) is 0 Å². The summed E-state index contributed by atoms with van der Waals surface area (Å²) in [6.45, 7) is 6.71. The molecular formula is C20H26N2O2.